The predicted octanol–water partition coefficient (Wildman–Crippen LogP) is 0.732. The molecular formula is C13H25N4+3. The Bertz CT molecular complexity index is 472. The van der Waals surface area contributed by atoms with Crippen molar-refractivity contribution in [3.8, 4) is 0 Å². The molecule has 1 aromatic heterocycles. The van der Waals surface area contributed by atoms with Crippen molar-refractivity contribution in [1.29, 1.82) is 0 Å². The number of aryl methyl sites for hydroxylation is 2. The van der Waals surface area contributed by atoms with Gasteiger partial charge in [-0.3, -0.25) is 0 Å². The van der Waals surface area contributed by atoms with Gasteiger partial charge in [-0.2, -0.15) is 13.7 Å². The lowest BCUT2D eigenvalue weighted by Gasteiger charge is -2.20. The van der Waals surface area contributed by atoms with Gasteiger partial charge in [-0.1, -0.05) is 0 Å². The van der Waals surface area contributed by atoms with Crippen molar-refractivity contribution in [1.82, 2.24) is 9.05 Å². The summed E-state index contributed by atoms with van der Waals surface area (Å²) in [5.41, 5.74) is 0. The Balaban J connectivity index is 2.57. The molecule has 0 radical (unpaired) electrons. The van der Waals surface area contributed by atoms with Gasteiger partial charge in [0.25, 0.3) is 0 Å². The van der Waals surface area contributed by atoms with E-state index >= 15 is 0 Å². The summed E-state index contributed by atoms with van der Waals surface area (Å²) in [5.74, 6) is 2.78. The molecule has 0 saturated carbocycles. The van der Waals surface area contributed by atoms with E-state index in [-0.39, 0.29) is 0 Å². The van der Waals surface area contributed by atoms with Crippen LogP contribution in [0.3, 0.4) is 0 Å². The molecule has 0 fully saturated rings. The van der Waals surface area contributed by atoms with Gasteiger partial charge in [-0.15, -0.1) is 4.48 Å². The minimum Gasteiger partial charge on any atom is -0.184 e. The van der Waals surface area contributed by atoms with Gasteiger partial charge >= 0.3 is 11.8 Å². The van der Waals surface area contributed by atoms with E-state index in [9.17, 15) is 0 Å². The second-order valence-electron chi connectivity index (χ2n) is 5.38. The zero-order valence-electron chi connectivity index (χ0n) is 11.9. The van der Waals surface area contributed by atoms with E-state index in [0.717, 1.165) is 17.6 Å². The lowest BCUT2D eigenvalue weighted by Crippen LogP contribution is -2.55. The summed E-state index contributed by atoms with van der Waals surface area (Å²) in [4.78, 5) is 0. The summed E-state index contributed by atoms with van der Waals surface area (Å²) in [6, 6.07) is 0.597. The fourth-order valence-electron chi connectivity index (χ4n) is 3.07. The molecule has 94 valence electrons. The third-order valence-electron chi connectivity index (χ3n) is 4.34. The number of amidine groups is 1. The molecule has 1 aliphatic rings. The molecule has 0 N–H and O–H groups in total. The van der Waals surface area contributed by atoms with Crippen LogP contribution in [-0.4, -0.2) is 41.7 Å². The monoisotopic (exact) mass is 237 g/mol. The Morgan fingerprint density at radius 3 is 2.59 bits per heavy atom. The van der Waals surface area contributed by atoms with Crippen molar-refractivity contribution in [2.24, 2.45) is 7.05 Å². The van der Waals surface area contributed by atoms with Crippen LogP contribution in [0.5, 0.6) is 0 Å². The SMILES string of the molecule is CCn1cc[n+](C)c1[N+]1(C)CC(C)[N+](C)=C1C. The van der Waals surface area contributed by atoms with Crippen LogP contribution in [0.25, 0.3) is 0 Å². The Morgan fingerprint density at radius 2 is 2.12 bits per heavy atom. The maximum absolute atomic E-state index is 2.40. The molecule has 0 aliphatic carbocycles. The van der Waals surface area contributed by atoms with Gasteiger partial charge in [0.1, 0.15) is 19.4 Å². The van der Waals surface area contributed by atoms with Crippen molar-refractivity contribution >= 4 is 11.8 Å². The Morgan fingerprint density at radius 1 is 1.47 bits per heavy atom. The van der Waals surface area contributed by atoms with Crippen LogP contribution in [0.2, 0.25) is 0 Å². The minimum atomic E-state index is 0.597. The van der Waals surface area contributed by atoms with Crippen molar-refractivity contribution in [2.75, 3.05) is 20.6 Å². The Hall–Kier alpha value is -1.16. The van der Waals surface area contributed by atoms with Crippen LogP contribution in [0.1, 0.15) is 20.8 Å². The molecule has 0 aromatic carbocycles. The van der Waals surface area contributed by atoms with Crippen LogP contribution < -0.4 is 9.05 Å². The van der Waals surface area contributed by atoms with Gasteiger partial charge in [-0.05, 0) is 6.92 Å². The molecule has 2 heterocycles. The van der Waals surface area contributed by atoms with Crippen LogP contribution in [0.4, 0.5) is 5.95 Å². The first-order valence-electron chi connectivity index (χ1n) is 6.39. The molecule has 0 bridgehead atoms. The number of hydrogen-bond acceptors (Lipinski definition) is 0. The zero-order valence-corrected chi connectivity index (χ0v) is 11.9. The molecule has 2 unspecified atom stereocenters. The molecule has 0 amide bonds. The van der Waals surface area contributed by atoms with Crippen molar-refractivity contribution in [3.05, 3.63) is 12.4 Å². The van der Waals surface area contributed by atoms with Crippen LogP contribution in [0.15, 0.2) is 12.4 Å². The molecule has 2 rings (SSSR count). The molecular weight excluding hydrogens is 212 g/mol. The van der Waals surface area contributed by atoms with Gasteiger partial charge in [-0.25, -0.2) is 0 Å². The summed E-state index contributed by atoms with van der Waals surface area (Å²) >= 11 is 0. The lowest BCUT2D eigenvalue weighted by molar-refractivity contribution is -0.663. The number of hydrogen-bond donors (Lipinski definition) is 0. The second-order valence-corrected chi connectivity index (χ2v) is 5.38. The highest BCUT2D eigenvalue weighted by atomic mass is 15.5. The topological polar surface area (TPSA) is 11.8 Å². The highest BCUT2D eigenvalue weighted by Gasteiger charge is 2.52. The average molecular weight is 237 g/mol. The first-order valence-corrected chi connectivity index (χ1v) is 6.39. The van der Waals surface area contributed by atoms with Gasteiger partial charge in [0, 0.05) is 6.92 Å². The third-order valence-corrected chi connectivity index (χ3v) is 4.34. The molecule has 1 aliphatic heterocycles. The van der Waals surface area contributed by atoms with E-state index < -0.39 is 0 Å². The summed E-state index contributed by atoms with van der Waals surface area (Å²) < 4.78 is 7.90. The van der Waals surface area contributed by atoms with Crippen molar-refractivity contribution in [2.45, 2.75) is 33.4 Å². The van der Waals surface area contributed by atoms with Crippen LogP contribution in [-0.2, 0) is 13.6 Å². The molecule has 0 saturated heterocycles. The second kappa shape index (κ2) is 3.95. The standard InChI is InChI=1S/C13H25N4/c1-7-16-9-8-14(4)13(16)17(6)10-11(2)15(5)12(17)3/h8-9,11H,7,10H2,1-6H3/q+3. The van der Waals surface area contributed by atoms with E-state index in [1.54, 1.807) is 0 Å². The van der Waals surface area contributed by atoms with Gasteiger partial charge in [0.2, 0.25) is 6.04 Å². The van der Waals surface area contributed by atoms with E-state index in [1.165, 1.54) is 11.8 Å². The normalized spacial score (nSPS) is 29.2. The van der Waals surface area contributed by atoms with Crippen LogP contribution >= 0.6 is 0 Å². The molecule has 4 heteroatoms. The maximum atomic E-state index is 2.40. The zero-order chi connectivity index (χ0) is 12.8. The summed E-state index contributed by atoms with van der Waals surface area (Å²) in [5, 5.41) is 0. The van der Waals surface area contributed by atoms with Gasteiger partial charge in [0.15, 0.2) is 6.54 Å². The van der Waals surface area contributed by atoms with E-state index in [4.69, 9.17) is 0 Å². The number of aromatic nitrogens is 2. The average Bonchev–Trinajstić information content (AvgIpc) is 2.75. The summed E-state index contributed by atoms with van der Waals surface area (Å²) in [6.45, 7) is 8.91. The highest BCUT2D eigenvalue weighted by molar-refractivity contribution is 5.86. The fourth-order valence-corrected chi connectivity index (χ4v) is 3.07. The van der Waals surface area contributed by atoms with Gasteiger partial charge in [0.05, 0.1) is 27.6 Å². The molecule has 2 atom stereocenters. The summed E-state index contributed by atoms with van der Waals surface area (Å²) in [7, 11) is 6.65. The number of likely N-dealkylation sites (N-methyl/N-ethyl adjacent to an activating group) is 2. The molecule has 17 heavy (non-hydrogen) atoms. The predicted molar refractivity (Wildman–Crippen MR) is 70.2 cm³/mol. The van der Waals surface area contributed by atoms with E-state index in [0.29, 0.717) is 6.04 Å². The molecule has 4 nitrogen and oxygen atoms in total. The number of nitrogens with zero attached hydrogens (tertiary/aromatic N) is 4. The summed E-state index contributed by atoms with van der Waals surface area (Å²) in [6.07, 6.45) is 4.33. The lowest BCUT2D eigenvalue weighted by atomic mass is 10.3. The van der Waals surface area contributed by atoms with E-state index in [2.05, 4.69) is 68.0 Å². The number of rotatable bonds is 2. The highest BCUT2D eigenvalue weighted by Crippen LogP contribution is 2.23. The quantitative estimate of drug-likeness (QED) is 0.531. The Labute approximate surface area is 104 Å². The number of imidazole rings is 1. The van der Waals surface area contributed by atoms with Crippen molar-refractivity contribution in [3.63, 3.8) is 0 Å². The fraction of sp³-hybridized carbons (Fsp3) is 0.692. The Kier molecular flexibility index (Phi) is 2.86. The largest absolute Gasteiger partial charge is 0.465 e. The first-order chi connectivity index (χ1) is 7.91. The number of quaternary nitrogens is 1. The molecule has 1 aromatic rings. The smallest absolute Gasteiger partial charge is 0.184 e. The molecule has 0 spiro atoms. The minimum absolute atomic E-state index is 0.597. The first kappa shape index (κ1) is 12.3. The maximum Gasteiger partial charge on any atom is 0.465 e. The van der Waals surface area contributed by atoms with E-state index in [1.807, 2.05) is 0 Å². The van der Waals surface area contributed by atoms with Crippen LogP contribution in [0, 0.1) is 0 Å². The third kappa shape index (κ3) is 1.62. The van der Waals surface area contributed by atoms with Gasteiger partial charge < -0.3 is 0 Å². The van der Waals surface area contributed by atoms with Crippen molar-refractivity contribution < 1.29 is 9.14 Å².